The van der Waals surface area contributed by atoms with Gasteiger partial charge in [-0.2, -0.15) is 0 Å². The summed E-state index contributed by atoms with van der Waals surface area (Å²) < 4.78 is 5.67. The molecule has 1 aliphatic heterocycles. The number of ether oxygens (including phenoxy) is 1. The molecule has 0 radical (unpaired) electrons. The molecule has 0 saturated carbocycles. The van der Waals surface area contributed by atoms with Gasteiger partial charge in [0.05, 0.1) is 25.1 Å². The molecule has 0 aromatic carbocycles. The molecule has 3 rings (SSSR count). The van der Waals surface area contributed by atoms with E-state index in [0.29, 0.717) is 25.6 Å². The van der Waals surface area contributed by atoms with Crippen LogP contribution in [0.25, 0.3) is 0 Å². The van der Waals surface area contributed by atoms with E-state index in [1.807, 2.05) is 0 Å². The minimum Gasteiger partial charge on any atom is -0.379 e. The normalized spacial score (nSPS) is 18.4. The third kappa shape index (κ3) is 3.98. The van der Waals surface area contributed by atoms with Gasteiger partial charge in [0.2, 0.25) is 5.95 Å². The second-order valence-corrected chi connectivity index (χ2v) is 5.40. The molecule has 0 bridgehead atoms. The first-order valence-corrected chi connectivity index (χ1v) is 7.43. The highest BCUT2D eigenvalue weighted by atomic mass is 16.5. The van der Waals surface area contributed by atoms with Crippen molar-refractivity contribution in [3.05, 3.63) is 42.2 Å². The van der Waals surface area contributed by atoms with Crippen molar-refractivity contribution in [1.29, 1.82) is 0 Å². The van der Waals surface area contributed by atoms with E-state index < -0.39 is 5.91 Å². The average molecular weight is 314 g/mol. The van der Waals surface area contributed by atoms with Gasteiger partial charge >= 0.3 is 0 Å². The van der Waals surface area contributed by atoms with Gasteiger partial charge in [-0.05, 0) is 12.5 Å². The summed E-state index contributed by atoms with van der Waals surface area (Å²) in [6.45, 7) is 2.82. The summed E-state index contributed by atoms with van der Waals surface area (Å²) in [5.74, 6) is 0.377. The van der Waals surface area contributed by atoms with Crippen molar-refractivity contribution in [3.63, 3.8) is 0 Å². The molecule has 0 spiro atoms. The van der Waals surface area contributed by atoms with Crippen molar-refractivity contribution < 1.29 is 9.53 Å². The van der Waals surface area contributed by atoms with E-state index in [1.54, 1.807) is 24.7 Å². The Morgan fingerprint density at radius 1 is 1.26 bits per heavy atom. The van der Waals surface area contributed by atoms with Crippen LogP contribution in [-0.2, 0) is 11.2 Å². The van der Waals surface area contributed by atoms with Crippen LogP contribution in [0, 0.1) is 5.92 Å². The lowest BCUT2D eigenvalue weighted by molar-refractivity contribution is 0.0995. The average Bonchev–Trinajstić information content (AvgIpc) is 2.82. The van der Waals surface area contributed by atoms with Gasteiger partial charge < -0.3 is 15.4 Å². The van der Waals surface area contributed by atoms with E-state index in [9.17, 15) is 4.79 Å². The van der Waals surface area contributed by atoms with Crippen LogP contribution in [0.1, 0.15) is 16.2 Å². The van der Waals surface area contributed by atoms with Crippen molar-refractivity contribution in [2.75, 3.05) is 31.2 Å². The molecule has 23 heavy (non-hydrogen) atoms. The zero-order valence-corrected chi connectivity index (χ0v) is 12.6. The monoisotopic (exact) mass is 314 g/mol. The maximum absolute atomic E-state index is 11.0. The Balaban J connectivity index is 1.68. The van der Waals surface area contributed by atoms with E-state index in [0.717, 1.165) is 18.8 Å². The van der Waals surface area contributed by atoms with Gasteiger partial charge in [0.25, 0.3) is 5.91 Å². The molecule has 2 aromatic rings. The van der Waals surface area contributed by atoms with Gasteiger partial charge in [0, 0.05) is 37.6 Å². The number of carbonyl (C=O) groups is 1. The van der Waals surface area contributed by atoms with Crippen LogP contribution < -0.4 is 10.6 Å². The molecular formula is C15H18N6O2. The minimum atomic E-state index is -0.575. The van der Waals surface area contributed by atoms with Crippen LogP contribution >= 0.6 is 0 Å². The molecular weight excluding hydrogens is 296 g/mol. The molecule has 2 aromatic heterocycles. The lowest BCUT2D eigenvalue weighted by Gasteiger charge is -2.23. The number of hydrogen-bond donors (Lipinski definition) is 1. The van der Waals surface area contributed by atoms with Crippen molar-refractivity contribution >= 4 is 11.9 Å². The number of nitrogens with zero attached hydrogens (tertiary/aromatic N) is 5. The van der Waals surface area contributed by atoms with Crippen LogP contribution in [0.5, 0.6) is 0 Å². The van der Waals surface area contributed by atoms with E-state index >= 15 is 0 Å². The van der Waals surface area contributed by atoms with Gasteiger partial charge in [-0.15, -0.1) is 0 Å². The summed E-state index contributed by atoms with van der Waals surface area (Å²) in [5.41, 5.74) is 6.15. The first-order chi connectivity index (χ1) is 11.2. The van der Waals surface area contributed by atoms with Gasteiger partial charge in [-0.25, -0.2) is 15.0 Å². The van der Waals surface area contributed by atoms with Gasteiger partial charge in [-0.3, -0.25) is 9.78 Å². The third-order valence-electron chi connectivity index (χ3n) is 3.63. The van der Waals surface area contributed by atoms with Crippen LogP contribution in [0.4, 0.5) is 5.95 Å². The fourth-order valence-corrected chi connectivity index (χ4v) is 2.52. The zero-order valence-electron chi connectivity index (χ0n) is 12.6. The number of carbonyl (C=O) groups excluding carboxylic acids is 1. The molecule has 0 aliphatic carbocycles. The fraction of sp³-hybridized carbons (Fsp3) is 0.400. The largest absolute Gasteiger partial charge is 0.379 e. The maximum Gasteiger partial charge on any atom is 0.268 e. The number of aromatic nitrogens is 4. The van der Waals surface area contributed by atoms with E-state index in [1.165, 1.54) is 6.20 Å². The fourth-order valence-electron chi connectivity index (χ4n) is 2.52. The maximum atomic E-state index is 11.0. The van der Waals surface area contributed by atoms with Crippen molar-refractivity contribution in [2.45, 2.75) is 6.42 Å². The van der Waals surface area contributed by atoms with Gasteiger partial charge in [0.1, 0.15) is 5.69 Å². The summed E-state index contributed by atoms with van der Waals surface area (Å²) in [7, 11) is 0. The predicted octanol–water partition coefficient (Wildman–Crippen LogP) is 0.0610. The summed E-state index contributed by atoms with van der Waals surface area (Å²) in [6, 6.07) is 1.80. The lowest BCUT2D eigenvalue weighted by atomic mass is 10.0. The molecule has 1 aliphatic rings. The van der Waals surface area contributed by atoms with Crippen molar-refractivity contribution in [2.24, 2.45) is 11.7 Å². The Morgan fingerprint density at radius 3 is 2.78 bits per heavy atom. The van der Waals surface area contributed by atoms with Gasteiger partial charge in [-0.1, -0.05) is 0 Å². The Morgan fingerprint density at radius 2 is 2.09 bits per heavy atom. The Bertz CT molecular complexity index is 649. The number of hydrogen-bond acceptors (Lipinski definition) is 7. The van der Waals surface area contributed by atoms with E-state index in [-0.39, 0.29) is 11.6 Å². The lowest BCUT2D eigenvalue weighted by Crippen LogP contribution is -2.32. The summed E-state index contributed by atoms with van der Waals surface area (Å²) in [4.78, 5) is 30.0. The van der Waals surface area contributed by atoms with E-state index in [4.69, 9.17) is 10.5 Å². The molecule has 1 saturated heterocycles. The highest BCUT2D eigenvalue weighted by molar-refractivity contribution is 5.90. The molecule has 120 valence electrons. The number of nitrogens with two attached hydrogens (primary N) is 1. The molecule has 3 heterocycles. The first kappa shape index (κ1) is 15.3. The van der Waals surface area contributed by atoms with E-state index in [2.05, 4.69) is 24.8 Å². The Kier molecular flexibility index (Phi) is 4.72. The highest BCUT2D eigenvalue weighted by Crippen LogP contribution is 2.16. The van der Waals surface area contributed by atoms with Crippen LogP contribution in [0.3, 0.4) is 0 Å². The summed E-state index contributed by atoms with van der Waals surface area (Å²) in [6.07, 6.45) is 7.17. The molecule has 1 fully saturated rings. The SMILES string of the molecule is NC(=O)c1cnc(CC2COCCN(c3ncccn3)C2)cn1. The second kappa shape index (κ2) is 7.10. The topological polar surface area (TPSA) is 107 Å². The van der Waals surface area contributed by atoms with Crippen molar-refractivity contribution in [3.8, 4) is 0 Å². The molecule has 1 amide bonds. The number of rotatable bonds is 4. The molecule has 2 N–H and O–H groups in total. The molecule has 1 unspecified atom stereocenters. The smallest absolute Gasteiger partial charge is 0.268 e. The minimum absolute atomic E-state index is 0.171. The number of primary amides is 1. The van der Waals surface area contributed by atoms with Crippen LogP contribution in [0.15, 0.2) is 30.9 Å². The molecule has 8 nitrogen and oxygen atoms in total. The zero-order chi connectivity index (χ0) is 16.1. The van der Waals surface area contributed by atoms with Crippen LogP contribution in [-0.4, -0.2) is 52.1 Å². The Hall–Kier alpha value is -2.61. The van der Waals surface area contributed by atoms with Crippen LogP contribution in [0.2, 0.25) is 0 Å². The number of amides is 1. The predicted molar refractivity (Wildman–Crippen MR) is 82.8 cm³/mol. The molecule has 1 atom stereocenters. The summed E-state index contributed by atoms with van der Waals surface area (Å²) in [5, 5.41) is 0. The van der Waals surface area contributed by atoms with Crippen molar-refractivity contribution in [1.82, 2.24) is 19.9 Å². The quantitative estimate of drug-likeness (QED) is 0.850. The van der Waals surface area contributed by atoms with Gasteiger partial charge in [0.15, 0.2) is 0 Å². The standard InChI is InChI=1S/C15H18N6O2/c16-14(22)13-8-19-12(7-20-13)6-11-9-21(4-5-23-10-11)15-17-2-1-3-18-15/h1-3,7-8,11H,4-6,9-10H2,(H2,16,22). The highest BCUT2D eigenvalue weighted by Gasteiger charge is 2.21. The Labute approximate surface area is 133 Å². The first-order valence-electron chi connectivity index (χ1n) is 7.43. The number of anilines is 1. The molecule has 8 heteroatoms. The second-order valence-electron chi connectivity index (χ2n) is 5.40. The summed E-state index contributed by atoms with van der Waals surface area (Å²) >= 11 is 0. The third-order valence-corrected chi connectivity index (χ3v) is 3.63.